The Morgan fingerprint density at radius 1 is 0.735 bits per heavy atom. The molecule has 190 valence electrons. The first kappa shape index (κ1) is 31.8. The first-order valence-corrected chi connectivity index (χ1v) is 15.0. The molecule has 0 saturated carbocycles. The van der Waals surface area contributed by atoms with Gasteiger partial charge in [0.2, 0.25) is 0 Å². The molecule has 1 heterocycles. The van der Waals surface area contributed by atoms with Gasteiger partial charge in [0.15, 0.2) is 10.3 Å². The fourth-order valence-electron chi connectivity index (χ4n) is 4.90. The monoisotopic (exact) mass is 502 g/mol. The second-order valence-electron chi connectivity index (χ2n) is 9.73. The molecule has 1 aromatic carbocycles. The van der Waals surface area contributed by atoms with Gasteiger partial charge in [-0.3, -0.25) is 4.31 Å². The summed E-state index contributed by atoms with van der Waals surface area (Å²) in [5.74, 6) is 0. The van der Waals surface area contributed by atoms with Gasteiger partial charge >= 0.3 is 29.6 Å². The SMILES string of the molecule is CCCCCCCCCCCCCCCCCCCCC1Nc2ccccc2N1S(=O)(=O)[O-].[Na+]. The van der Waals surface area contributed by atoms with Crippen LogP contribution >= 0.6 is 0 Å². The molecular formula is C27H47N2NaO3S. The van der Waals surface area contributed by atoms with Crippen LogP contribution in [0, 0.1) is 0 Å². The van der Waals surface area contributed by atoms with Crippen molar-refractivity contribution in [3.05, 3.63) is 24.3 Å². The van der Waals surface area contributed by atoms with Crippen molar-refractivity contribution in [2.45, 2.75) is 135 Å². The van der Waals surface area contributed by atoms with Crippen LogP contribution in [0.3, 0.4) is 0 Å². The maximum Gasteiger partial charge on any atom is 1.00 e. The smallest absolute Gasteiger partial charge is 0.731 e. The van der Waals surface area contributed by atoms with E-state index in [1.54, 1.807) is 12.1 Å². The van der Waals surface area contributed by atoms with Crippen molar-refractivity contribution in [3.8, 4) is 0 Å². The van der Waals surface area contributed by atoms with Crippen LogP contribution in [0.15, 0.2) is 24.3 Å². The summed E-state index contributed by atoms with van der Waals surface area (Å²) in [5.41, 5.74) is 1.20. The number of anilines is 2. The minimum Gasteiger partial charge on any atom is -0.731 e. The Balaban J connectivity index is 0.00000578. The zero-order valence-corrected chi connectivity index (χ0v) is 24.7. The van der Waals surface area contributed by atoms with Crippen molar-refractivity contribution < 1.29 is 42.5 Å². The van der Waals surface area contributed by atoms with E-state index in [-0.39, 0.29) is 29.6 Å². The van der Waals surface area contributed by atoms with Gasteiger partial charge in [-0.25, -0.2) is 8.42 Å². The first-order chi connectivity index (χ1) is 16.0. The molecule has 34 heavy (non-hydrogen) atoms. The first-order valence-electron chi connectivity index (χ1n) is 13.6. The van der Waals surface area contributed by atoms with Gasteiger partial charge in [-0.05, 0) is 25.0 Å². The summed E-state index contributed by atoms with van der Waals surface area (Å²) in [4.78, 5) is 0. The quantitative estimate of drug-likeness (QED) is 0.152. The molecule has 1 N–H and O–H groups in total. The zero-order chi connectivity index (χ0) is 23.8. The maximum absolute atomic E-state index is 11.7. The number of para-hydroxylation sites is 2. The topological polar surface area (TPSA) is 72.5 Å². The van der Waals surface area contributed by atoms with Crippen molar-refractivity contribution in [1.82, 2.24) is 0 Å². The van der Waals surface area contributed by atoms with E-state index in [1.165, 1.54) is 103 Å². The predicted octanol–water partition coefficient (Wildman–Crippen LogP) is 5.14. The molecule has 1 aliphatic rings. The number of fused-ring (bicyclic) bond motifs is 1. The summed E-state index contributed by atoms with van der Waals surface area (Å²) in [6.07, 6.45) is 24.1. The van der Waals surface area contributed by atoms with Crippen molar-refractivity contribution >= 4 is 21.7 Å². The third kappa shape index (κ3) is 12.6. The molecule has 5 nitrogen and oxygen atoms in total. The van der Waals surface area contributed by atoms with E-state index in [2.05, 4.69) is 12.2 Å². The summed E-state index contributed by atoms with van der Waals surface area (Å²) in [6.45, 7) is 2.28. The largest absolute Gasteiger partial charge is 1.00 e. The van der Waals surface area contributed by atoms with Crippen LogP contribution in [0.4, 0.5) is 11.4 Å². The van der Waals surface area contributed by atoms with Crippen molar-refractivity contribution in [1.29, 1.82) is 0 Å². The molecule has 0 bridgehead atoms. The van der Waals surface area contributed by atoms with Gasteiger partial charge < -0.3 is 9.87 Å². The van der Waals surface area contributed by atoms with Gasteiger partial charge in [-0.1, -0.05) is 128 Å². The van der Waals surface area contributed by atoms with Crippen LogP contribution < -0.4 is 39.2 Å². The number of unbranched alkanes of at least 4 members (excludes halogenated alkanes) is 17. The fraction of sp³-hybridized carbons (Fsp3) is 0.778. The number of rotatable bonds is 20. The number of hydrogen-bond donors (Lipinski definition) is 1. The molecule has 7 heteroatoms. The van der Waals surface area contributed by atoms with E-state index in [4.69, 9.17) is 0 Å². The number of benzene rings is 1. The van der Waals surface area contributed by atoms with Gasteiger partial charge in [0.25, 0.3) is 0 Å². The summed E-state index contributed by atoms with van der Waals surface area (Å²) in [5, 5.41) is 3.19. The van der Waals surface area contributed by atoms with E-state index in [0.29, 0.717) is 12.1 Å². The van der Waals surface area contributed by atoms with E-state index in [1.807, 2.05) is 12.1 Å². The normalized spacial score (nSPS) is 15.1. The van der Waals surface area contributed by atoms with Crippen molar-refractivity contribution in [3.63, 3.8) is 0 Å². The maximum atomic E-state index is 11.7. The predicted molar refractivity (Wildman–Crippen MR) is 139 cm³/mol. The fourth-order valence-corrected chi connectivity index (χ4v) is 5.77. The third-order valence-electron chi connectivity index (χ3n) is 6.82. The average molecular weight is 503 g/mol. The van der Waals surface area contributed by atoms with E-state index >= 15 is 0 Å². The average Bonchev–Trinajstić information content (AvgIpc) is 3.17. The molecule has 0 aromatic heterocycles. The van der Waals surface area contributed by atoms with Crippen LogP contribution in [-0.4, -0.2) is 19.1 Å². The Hall–Kier alpha value is -0.270. The Kier molecular flexibility index (Phi) is 17.7. The van der Waals surface area contributed by atoms with Crippen molar-refractivity contribution in [2.24, 2.45) is 0 Å². The molecule has 0 fully saturated rings. The van der Waals surface area contributed by atoms with Crippen LogP contribution in [0.1, 0.15) is 129 Å². The molecule has 0 aliphatic carbocycles. The Morgan fingerprint density at radius 3 is 1.59 bits per heavy atom. The summed E-state index contributed by atoms with van der Waals surface area (Å²) < 4.78 is 36.2. The molecule has 0 spiro atoms. The molecule has 0 amide bonds. The van der Waals surface area contributed by atoms with E-state index < -0.39 is 16.5 Å². The molecule has 1 atom stereocenters. The molecule has 0 saturated heterocycles. The number of nitrogens with zero attached hydrogens (tertiary/aromatic N) is 1. The molecule has 2 rings (SSSR count). The third-order valence-corrected chi connectivity index (χ3v) is 7.75. The minimum atomic E-state index is -4.52. The van der Waals surface area contributed by atoms with Crippen LogP contribution in [0.5, 0.6) is 0 Å². The summed E-state index contributed by atoms with van der Waals surface area (Å²) >= 11 is 0. The van der Waals surface area contributed by atoms with Crippen LogP contribution in [0.2, 0.25) is 0 Å². The van der Waals surface area contributed by atoms with Gasteiger partial charge in [-0.2, -0.15) is 0 Å². The molecule has 1 unspecified atom stereocenters. The van der Waals surface area contributed by atoms with Crippen LogP contribution in [0.25, 0.3) is 0 Å². The second kappa shape index (κ2) is 18.9. The van der Waals surface area contributed by atoms with Crippen molar-refractivity contribution in [2.75, 3.05) is 9.62 Å². The molecule has 1 aromatic rings. The minimum absolute atomic E-state index is 0. The Labute approximate surface area is 232 Å². The molecule has 1 aliphatic heterocycles. The van der Waals surface area contributed by atoms with Gasteiger partial charge in [0.1, 0.15) is 6.17 Å². The van der Waals surface area contributed by atoms with E-state index in [9.17, 15) is 13.0 Å². The summed E-state index contributed by atoms with van der Waals surface area (Å²) in [6, 6.07) is 7.12. The molecular weight excluding hydrogens is 455 g/mol. The van der Waals surface area contributed by atoms with Crippen LogP contribution in [-0.2, 0) is 10.3 Å². The second-order valence-corrected chi connectivity index (χ2v) is 11.0. The van der Waals surface area contributed by atoms with Gasteiger partial charge in [-0.15, -0.1) is 0 Å². The Bertz CT molecular complexity index is 745. The zero-order valence-electron chi connectivity index (χ0n) is 21.9. The van der Waals surface area contributed by atoms with Gasteiger partial charge in [0.05, 0.1) is 11.4 Å². The standard InChI is InChI=1S/C27H48N2O3S.Na/c1-2-3-4-5-6-7-8-9-10-11-12-13-14-15-16-17-18-19-24-27-28-25-22-20-21-23-26(25)29(27)33(30,31)32;/h20-23,27-28H,2-19,24H2,1H3,(H,30,31,32);/q;+1/p-1. The Morgan fingerprint density at radius 2 is 1.15 bits per heavy atom. The van der Waals surface area contributed by atoms with E-state index in [0.717, 1.165) is 22.8 Å². The van der Waals surface area contributed by atoms with Gasteiger partial charge in [0, 0.05) is 0 Å². The summed E-state index contributed by atoms with van der Waals surface area (Å²) in [7, 11) is -4.52. The molecule has 0 radical (unpaired) electrons. The number of nitrogens with one attached hydrogen (secondary N) is 1. The number of hydrogen-bond acceptors (Lipinski definition) is 4.